The second kappa shape index (κ2) is 7.46. The van der Waals surface area contributed by atoms with E-state index in [2.05, 4.69) is 38.3 Å². The zero-order valence-corrected chi connectivity index (χ0v) is 14.7. The summed E-state index contributed by atoms with van der Waals surface area (Å²) in [4.78, 5) is 0. The maximum Gasteiger partial charge on any atom is 0.151 e. The first kappa shape index (κ1) is 19.0. The maximum absolute atomic E-state index is 11.1. The van der Waals surface area contributed by atoms with E-state index in [1.165, 1.54) is 0 Å². The Morgan fingerprint density at radius 2 is 2.14 bits per heavy atom. The van der Waals surface area contributed by atoms with Crippen molar-refractivity contribution in [3.05, 3.63) is 24.3 Å². The fourth-order valence-corrected chi connectivity index (χ4v) is 2.60. The number of aliphatic hydroxyl groups is 1. The normalized spacial score (nSPS) is 26.4. The Kier molecular flexibility index (Phi) is 6.43. The molecule has 1 N–H and O–H groups in total. The van der Waals surface area contributed by atoms with Crippen LogP contribution < -0.4 is 0 Å². The van der Waals surface area contributed by atoms with Crippen LogP contribution in [0.5, 0.6) is 0 Å². The van der Waals surface area contributed by atoms with Crippen LogP contribution in [0.2, 0.25) is 0 Å². The summed E-state index contributed by atoms with van der Waals surface area (Å²) in [7, 11) is 0. The zero-order chi connectivity index (χ0) is 16.9. The molecule has 0 heterocycles. The van der Waals surface area contributed by atoms with E-state index in [4.69, 9.17) is 9.47 Å². The van der Waals surface area contributed by atoms with Gasteiger partial charge in [0.05, 0.1) is 13.2 Å². The summed E-state index contributed by atoms with van der Waals surface area (Å²) >= 11 is 0. The highest BCUT2D eigenvalue weighted by Crippen LogP contribution is 2.43. The molecule has 3 nitrogen and oxygen atoms in total. The Morgan fingerprint density at radius 1 is 1.45 bits per heavy atom. The summed E-state index contributed by atoms with van der Waals surface area (Å²) in [6, 6.07) is 0. The zero-order valence-electron chi connectivity index (χ0n) is 14.7. The molecule has 124 valence electrons. The van der Waals surface area contributed by atoms with E-state index in [-0.39, 0.29) is 5.41 Å². The third-order valence-corrected chi connectivity index (χ3v) is 4.48. The molecule has 1 rings (SSSR count). The van der Waals surface area contributed by atoms with Crippen molar-refractivity contribution in [3.63, 3.8) is 0 Å². The van der Waals surface area contributed by atoms with Gasteiger partial charge in [0.1, 0.15) is 5.60 Å². The minimum Gasteiger partial charge on any atom is -0.379 e. The van der Waals surface area contributed by atoms with Gasteiger partial charge in [-0.05, 0) is 45.3 Å². The van der Waals surface area contributed by atoms with Crippen molar-refractivity contribution in [3.8, 4) is 11.8 Å². The molecule has 0 aromatic heterocycles. The first-order valence-electron chi connectivity index (χ1n) is 8.00. The molecule has 0 bridgehead atoms. The standard InChI is InChI=1S/C19H30O3/c1-7-18(6,22-15-14-21-8-2)12-13-19(20)16(3)10-9-11-17(19,4)5/h7,10,20H,1,8-9,11,14-15H2,2-6H3. The molecule has 2 atom stereocenters. The van der Waals surface area contributed by atoms with E-state index in [0.717, 1.165) is 18.4 Å². The van der Waals surface area contributed by atoms with Gasteiger partial charge >= 0.3 is 0 Å². The van der Waals surface area contributed by atoms with E-state index in [1.54, 1.807) is 6.08 Å². The minimum atomic E-state index is -1.13. The molecule has 22 heavy (non-hydrogen) atoms. The minimum absolute atomic E-state index is 0.285. The van der Waals surface area contributed by atoms with Gasteiger partial charge in [-0.15, -0.1) is 0 Å². The van der Waals surface area contributed by atoms with E-state index >= 15 is 0 Å². The third kappa shape index (κ3) is 4.23. The summed E-state index contributed by atoms with van der Waals surface area (Å²) in [6.07, 6.45) is 5.63. The summed E-state index contributed by atoms with van der Waals surface area (Å²) in [5, 5.41) is 11.1. The number of rotatable bonds is 6. The predicted octanol–water partition coefficient (Wildman–Crippen LogP) is 3.49. The Bertz CT molecular complexity index is 481. The van der Waals surface area contributed by atoms with Crippen LogP contribution in [0.25, 0.3) is 0 Å². The summed E-state index contributed by atoms with van der Waals surface area (Å²) < 4.78 is 11.0. The van der Waals surface area contributed by atoms with E-state index in [0.29, 0.717) is 19.8 Å². The Labute approximate surface area is 135 Å². The van der Waals surface area contributed by atoms with E-state index in [9.17, 15) is 5.11 Å². The van der Waals surface area contributed by atoms with Crippen LogP contribution in [0.4, 0.5) is 0 Å². The SMILES string of the molecule is C=CC(C)(C#CC1(O)C(C)=CCCC1(C)C)OCCOCC. The van der Waals surface area contributed by atoms with Gasteiger partial charge in [-0.2, -0.15) is 0 Å². The summed E-state index contributed by atoms with van der Waals surface area (Å²) in [5.74, 6) is 6.15. The lowest BCUT2D eigenvalue weighted by Gasteiger charge is -2.43. The molecule has 0 saturated heterocycles. The maximum atomic E-state index is 11.1. The summed E-state index contributed by atoms with van der Waals surface area (Å²) in [6.45, 7) is 15.3. The van der Waals surface area contributed by atoms with Gasteiger partial charge in [-0.25, -0.2) is 0 Å². The second-order valence-electron chi connectivity index (χ2n) is 6.63. The highest BCUT2D eigenvalue weighted by molar-refractivity contribution is 5.38. The lowest BCUT2D eigenvalue weighted by molar-refractivity contribution is -0.00302. The van der Waals surface area contributed by atoms with Crippen LogP contribution in [0.1, 0.15) is 47.5 Å². The first-order chi connectivity index (χ1) is 10.2. The molecule has 0 fully saturated rings. The molecule has 0 aliphatic heterocycles. The molecule has 0 radical (unpaired) electrons. The number of allylic oxidation sites excluding steroid dienone is 1. The number of hydrogen-bond acceptors (Lipinski definition) is 3. The van der Waals surface area contributed by atoms with Crippen molar-refractivity contribution in [2.45, 2.75) is 58.7 Å². The smallest absolute Gasteiger partial charge is 0.151 e. The van der Waals surface area contributed by atoms with Gasteiger partial charge in [-0.3, -0.25) is 0 Å². The molecule has 2 unspecified atom stereocenters. The van der Waals surface area contributed by atoms with Crippen molar-refractivity contribution in [2.24, 2.45) is 5.41 Å². The number of ether oxygens (including phenoxy) is 2. The van der Waals surface area contributed by atoms with E-state index < -0.39 is 11.2 Å². The Hall–Kier alpha value is -1.08. The molecule has 0 spiro atoms. The fourth-order valence-electron chi connectivity index (χ4n) is 2.60. The molecular formula is C19H30O3. The van der Waals surface area contributed by atoms with Gasteiger partial charge < -0.3 is 14.6 Å². The average Bonchev–Trinajstić information content (AvgIpc) is 2.47. The van der Waals surface area contributed by atoms with Gasteiger partial charge in [-0.1, -0.05) is 38.3 Å². The molecule has 0 aromatic rings. The second-order valence-corrected chi connectivity index (χ2v) is 6.63. The molecule has 1 aliphatic carbocycles. The van der Waals surface area contributed by atoms with Crippen molar-refractivity contribution in [1.29, 1.82) is 0 Å². The highest BCUT2D eigenvalue weighted by atomic mass is 16.5. The van der Waals surface area contributed by atoms with Gasteiger partial charge in [0, 0.05) is 12.0 Å². The Morgan fingerprint density at radius 3 is 2.68 bits per heavy atom. The van der Waals surface area contributed by atoms with Crippen LogP contribution in [0.3, 0.4) is 0 Å². The largest absolute Gasteiger partial charge is 0.379 e. The molecule has 0 aromatic carbocycles. The van der Waals surface area contributed by atoms with Crippen molar-refractivity contribution in [2.75, 3.05) is 19.8 Å². The van der Waals surface area contributed by atoms with Gasteiger partial charge in [0.2, 0.25) is 0 Å². The quantitative estimate of drug-likeness (QED) is 0.464. The lowest BCUT2D eigenvalue weighted by atomic mass is 9.65. The van der Waals surface area contributed by atoms with Gasteiger partial charge in [0.25, 0.3) is 0 Å². The molecule has 0 saturated carbocycles. The average molecular weight is 306 g/mol. The third-order valence-electron chi connectivity index (χ3n) is 4.48. The van der Waals surface area contributed by atoms with Crippen LogP contribution in [0, 0.1) is 17.3 Å². The molecule has 0 amide bonds. The molecular weight excluding hydrogens is 276 g/mol. The lowest BCUT2D eigenvalue weighted by Crippen LogP contribution is -2.46. The first-order valence-corrected chi connectivity index (χ1v) is 8.00. The van der Waals surface area contributed by atoms with Crippen LogP contribution in [-0.2, 0) is 9.47 Å². The van der Waals surface area contributed by atoms with E-state index in [1.807, 2.05) is 20.8 Å². The van der Waals surface area contributed by atoms with Gasteiger partial charge in [0.15, 0.2) is 5.60 Å². The highest BCUT2D eigenvalue weighted by Gasteiger charge is 2.45. The molecule has 3 heteroatoms. The topological polar surface area (TPSA) is 38.7 Å². The number of hydrogen-bond donors (Lipinski definition) is 1. The molecule has 1 aliphatic rings. The van der Waals surface area contributed by atoms with Crippen molar-refractivity contribution < 1.29 is 14.6 Å². The Balaban J connectivity index is 2.94. The fraction of sp³-hybridized carbons (Fsp3) is 0.684. The van der Waals surface area contributed by atoms with Crippen LogP contribution in [0.15, 0.2) is 24.3 Å². The van der Waals surface area contributed by atoms with Crippen molar-refractivity contribution >= 4 is 0 Å². The predicted molar refractivity (Wildman–Crippen MR) is 90.5 cm³/mol. The van der Waals surface area contributed by atoms with Crippen LogP contribution in [-0.4, -0.2) is 36.1 Å². The monoisotopic (exact) mass is 306 g/mol. The summed E-state index contributed by atoms with van der Waals surface area (Å²) in [5.41, 5.74) is -1.29. The van der Waals surface area contributed by atoms with Crippen molar-refractivity contribution in [1.82, 2.24) is 0 Å². The van der Waals surface area contributed by atoms with Crippen LogP contribution >= 0.6 is 0 Å².